The van der Waals surface area contributed by atoms with Gasteiger partial charge in [-0.15, -0.1) is 6.58 Å². The number of allylic oxidation sites excluding steroid dienone is 1. The van der Waals surface area contributed by atoms with E-state index in [-0.39, 0.29) is 0 Å². The van der Waals surface area contributed by atoms with E-state index in [2.05, 4.69) is 104 Å². The largest absolute Gasteiger partial charge is 0.103 e. The molecule has 0 aromatic carbocycles. The zero-order chi connectivity index (χ0) is 27.5. The van der Waals surface area contributed by atoms with Crippen molar-refractivity contribution in [3.05, 3.63) is 12.7 Å². The van der Waals surface area contributed by atoms with Crippen LogP contribution in [0.15, 0.2) is 12.7 Å². The molecule has 1 fully saturated rings. The normalized spacial score (nSPS) is 15.1. The third kappa shape index (κ3) is 36.3. The zero-order valence-corrected chi connectivity index (χ0v) is 27.1. The van der Waals surface area contributed by atoms with Gasteiger partial charge in [-0.1, -0.05) is 154 Å². The molecule has 0 saturated heterocycles. The standard InChI is InChI=1S/C10H20.C10H22.C7H16.C7H14/c1-10(2,3)9-7-5-4-6-8-9;1-5-6-7-8-9-10(2,3)4;2*1-5-6-7(2,3)4/h9H,4-8H2,1-3H3;5-9H2,1-4H3;5-6H2,1-4H3;5H,1,6H2,2-4H3. The van der Waals surface area contributed by atoms with Crippen LogP contribution in [0.5, 0.6) is 0 Å². The first-order valence-electron chi connectivity index (χ1n) is 14.9. The van der Waals surface area contributed by atoms with Gasteiger partial charge in [0.05, 0.1) is 0 Å². The van der Waals surface area contributed by atoms with Gasteiger partial charge in [-0.2, -0.15) is 0 Å². The Hall–Kier alpha value is -0.260. The first-order valence-corrected chi connectivity index (χ1v) is 14.9. The molecule has 0 heteroatoms. The Bertz CT molecular complexity index is 421. The van der Waals surface area contributed by atoms with Crippen LogP contribution in [-0.4, -0.2) is 0 Å². The third-order valence-corrected chi connectivity index (χ3v) is 6.37. The smallest absolute Gasteiger partial charge is 0.0304 e. The summed E-state index contributed by atoms with van der Waals surface area (Å²) in [7, 11) is 0. The highest BCUT2D eigenvalue weighted by Gasteiger charge is 2.25. The lowest BCUT2D eigenvalue weighted by Gasteiger charge is -2.33. The molecule has 0 aromatic heterocycles. The van der Waals surface area contributed by atoms with Crippen LogP contribution in [-0.2, 0) is 0 Å². The van der Waals surface area contributed by atoms with Gasteiger partial charge >= 0.3 is 0 Å². The number of unbranched alkanes of at least 4 members (excludes halogenated alkanes) is 3. The van der Waals surface area contributed by atoms with E-state index in [1.54, 1.807) is 0 Å². The van der Waals surface area contributed by atoms with Gasteiger partial charge in [-0.25, -0.2) is 0 Å². The fraction of sp³-hybridized carbons (Fsp3) is 0.941. The Morgan fingerprint density at radius 1 is 0.588 bits per heavy atom. The van der Waals surface area contributed by atoms with Crippen molar-refractivity contribution in [2.75, 3.05) is 0 Å². The van der Waals surface area contributed by atoms with Crippen LogP contribution in [0.25, 0.3) is 0 Å². The molecule has 1 aliphatic rings. The van der Waals surface area contributed by atoms with Crippen LogP contribution in [0.2, 0.25) is 0 Å². The fourth-order valence-electron chi connectivity index (χ4n) is 4.23. The molecule has 0 spiro atoms. The van der Waals surface area contributed by atoms with Crippen molar-refractivity contribution >= 4 is 0 Å². The maximum atomic E-state index is 3.65. The maximum absolute atomic E-state index is 3.65. The summed E-state index contributed by atoms with van der Waals surface area (Å²) in [5.41, 5.74) is 2.10. The lowest BCUT2D eigenvalue weighted by molar-refractivity contribution is 0.180. The van der Waals surface area contributed by atoms with Crippen LogP contribution in [0, 0.1) is 27.6 Å². The van der Waals surface area contributed by atoms with E-state index in [0.717, 1.165) is 12.3 Å². The summed E-state index contributed by atoms with van der Waals surface area (Å²) in [6, 6.07) is 0. The van der Waals surface area contributed by atoms with E-state index in [4.69, 9.17) is 0 Å². The third-order valence-electron chi connectivity index (χ3n) is 6.37. The molecule has 0 atom stereocenters. The molecule has 208 valence electrons. The van der Waals surface area contributed by atoms with Crippen LogP contribution < -0.4 is 0 Å². The van der Waals surface area contributed by atoms with Crippen LogP contribution in [0.4, 0.5) is 0 Å². The van der Waals surface area contributed by atoms with Crippen molar-refractivity contribution in [1.29, 1.82) is 0 Å². The average Bonchev–Trinajstić information content (AvgIpc) is 2.64. The van der Waals surface area contributed by atoms with E-state index in [9.17, 15) is 0 Å². The van der Waals surface area contributed by atoms with E-state index in [1.807, 2.05) is 6.08 Å². The highest BCUT2D eigenvalue weighted by atomic mass is 14.3. The summed E-state index contributed by atoms with van der Waals surface area (Å²) in [6.07, 6.45) is 20.1. The van der Waals surface area contributed by atoms with Gasteiger partial charge in [0.15, 0.2) is 0 Å². The Morgan fingerprint density at radius 3 is 1.26 bits per heavy atom. The molecule has 0 heterocycles. The molecular weight excluding hydrogens is 408 g/mol. The summed E-state index contributed by atoms with van der Waals surface area (Å²) in [5, 5.41) is 0. The molecule has 0 amide bonds. The number of rotatable bonds is 6. The minimum absolute atomic E-state index is 0.432. The van der Waals surface area contributed by atoms with Crippen molar-refractivity contribution in [2.24, 2.45) is 27.6 Å². The molecule has 1 rings (SSSR count). The van der Waals surface area contributed by atoms with Gasteiger partial charge in [0.25, 0.3) is 0 Å². The quantitative estimate of drug-likeness (QED) is 0.262. The van der Waals surface area contributed by atoms with Gasteiger partial charge in [-0.3, -0.25) is 0 Å². The Kier molecular flexibility index (Phi) is 22.4. The van der Waals surface area contributed by atoms with E-state index >= 15 is 0 Å². The average molecular weight is 481 g/mol. The van der Waals surface area contributed by atoms with E-state index < -0.39 is 0 Å². The molecule has 0 bridgehead atoms. The molecule has 1 saturated carbocycles. The number of hydrogen-bond donors (Lipinski definition) is 0. The molecular formula is C34H72. The monoisotopic (exact) mass is 481 g/mol. The Balaban J connectivity index is -0.000000383. The van der Waals surface area contributed by atoms with E-state index in [1.165, 1.54) is 77.0 Å². The minimum Gasteiger partial charge on any atom is -0.103 e. The summed E-state index contributed by atoms with van der Waals surface area (Å²) in [4.78, 5) is 0. The molecule has 0 radical (unpaired) electrons. The number of hydrogen-bond acceptors (Lipinski definition) is 0. The molecule has 0 N–H and O–H groups in total. The highest BCUT2D eigenvalue weighted by Crippen LogP contribution is 2.37. The molecule has 0 aromatic rings. The second-order valence-electron chi connectivity index (χ2n) is 15.4. The lowest BCUT2D eigenvalue weighted by atomic mass is 9.72. The highest BCUT2D eigenvalue weighted by molar-refractivity contribution is 4.77. The summed E-state index contributed by atoms with van der Waals surface area (Å²) < 4.78 is 0. The van der Waals surface area contributed by atoms with Crippen molar-refractivity contribution < 1.29 is 0 Å². The Morgan fingerprint density at radius 2 is 1.06 bits per heavy atom. The summed E-state index contributed by atoms with van der Waals surface area (Å²) in [6.45, 7) is 35.7. The Labute approximate surface area is 220 Å². The predicted molar refractivity (Wildman–Crippen MR) is 163 cm³/mol. The first-order chi connectivity index (χ1) is 15.3. The second-order valence-corrected chi connectivity index (χ2v) is 15.4. The molecule has 0 aliphatic heterocycles. The van der Waals surface area contributed by atoms with Gasteiger partial charge in [-0.05, 0) is 59.7 Å². The van der Waals surface area contributed by atoms with Crippen LogP contribution in [0.1, 0.15) is 180 Å². The van der Waals surface area contributed by atoms with Gasteiger partial charge in [0, 0.05) is 0 Å². The molecule has 34 heavy (non-hydrogen) atoms. The SMILES string of the molecule is C=CCC(C)(C)C.CC(C)(C)C1CCCCC1.CCCC(C)(C)C.CCCCCCC(C)(C)C. The molecule has 0 nitrogen and oxygen atoms in total. The molecule has 1 aliphatic carbocycles. The predicted octanol–water partition coefficient (Wildman–Crippen LogP) is 13.1. The van der Waals surface area contributed by atoms with Crippen molar-refractivity contribution in [1.82, 2.24) is 0 Å². The van der Waals surface area contributed by atoms with Gasteiger partial charge in [0.1, 0.15) is 0 Å². The molecule has 0 unspecified atom stereocenters. The maximum Gasteiger partial charge on any atom is -0.0304 e. The van der Waals surface area contributed by atoms with Crippen molar-refractivity contribution in [2.45, 2.75) is 180 Å². The van der Waals surface area contributed by atoms with Gasteiger partial charge in [0.2, 0.25) is 0 Å². The van der Waals surface area contributed by atoms with Crippen molar-refractivity contribution in [3.8, 4) is 0 Å². The second kappa shape index (κ2) is 19.9. The van der Waals surface area contributed by atoms with E-state index in [0.29, 0.717) is 21.7 Å². The van der Waals surface area contributed by atoms with Crippen molar-refractivity contribution in [3.63, 3.8) is 0 Å². The minimum atomic E-state index is 0.432. The van der Waals surface area contributed by atoms with Crippen LogP contribution in [0.3, 0.4) is 0 Å². The zero-order valence-electron chi connectivity index (χ0n) is 27.1. The summed E-state index contributed by atoms with van der Waals surface area (Å²) in [5.74, 6) is 1.00. The van der Waals surface area contributed by atoms with Gasteiger partial charge < -0.3 is 0 Å². The topological polar surface area (TPSA) is 0 Å². The van der Waals surface area contributed by atoms with Crippen LogP contribution >= 0.6 is 0 Å². The first kappa shape index (κ1) is 38.3. The lowest BCUT2D eigenvalue weighted by Crippen LogP contribution is -2.22. The fourth-order valence-corrected chi connectivity index (χ4v) is 4.23. The summed E-state index contributed by atoms with van der Waals surface area (Å²) >= 11 is 0.